The lowest BCUT2D eigenvalue weighted by Gasteiger charge is -2.05. The van der Waals surface area contributed by atoms with Crippen LogP contribution in [-0.4, -0.2) is 10.9 Å². The Balaban J connectivity index is 1.83. The summed E-state index contributed by atoms with van der Waals surface area (Å²) in [5.74, 6) is -0.113. The molecule has 0 spiro atoms. The first kappa shape index (κ1) is 12.0. The fraction of sp³-hybridized carbons (Fsp3) is 0. The number of fused-ring (bicyclic) bond motifs is 1. The second-order valence-electron chi connectivity index (χ2n) is 4.24. The van der Waals surface area contributed by atoms with Gasteiger partial charge in [-0.05, 0) is 47.9 Å². The van der Waals surface area contributed by atoms with Crippen molar-refractivity contribution in [3.05, 3.63) is 64.8 Å². The number of benzene rings is 2. The molecule has 1 amide bonds. The van der Waals surface area contributed by atoms with Crippen LogP contribution in [0.3, 0.4) is 0 Å². The van der Waals surface area contributed by atoms with Crippen LogP contribution in [0.2, 0.25) is 0 Å². The zero-order chi connectivity index (χ0) is 13.2. The van der Waals surface area contributed by atoms with E-state index in [9.17, 15) is 4.79 Å². The Morgan fingerprint density at radius 2 is 1.84 bits per heavy atom. The highest BCUT2D eigenvalue weighted by Crippen LogP contribution is 2.18. The number of nitrogens with one attached hydrogen (secondary N) is 2. The summed E-state index contributed by atoms with van der Waals surface area (Å²) in [7, 11) is 0. The molecule has 0 aliphatic heterocycles. The molecule has 0 aliphatic carbocycles. The molecule has 0 unspecified atom stereocenters. The van der Waals surface area contributed by atoms with Gasteiger partial charge in [0.25, 0.3) is 5.91 Å². The summed E-state index contributed by atoms with van der Waals surface area (Å²) in [4.78, 5) is 15.2. The Bertz CT molecular complexity index is 731. The van der Waals surface area contributed by atoms with Crippen LogP contribution in [-0.2, 0) is 0 Å². The van der Waals surface area contributed by atoms with E-state index in [4.69, 9.17) is 0 Å². The molecule has 19 heavy (non-hydrogen) atoms. The molecule has 0 radical (unpaired) electrons. The van der Waals surface area contributed by atoms with Crippen LogP contribution >= 0.6 is 15.9 Å². The van der Waals surface area contributed by atoms with Crippen LogP contribution in [0.25, 0.3) is 10.9 Å². The number of H-pyrrole nitrogens is 1. The number of carbonyl (C=O) groups is 1. The lowest BCUT2D eigenvalue weighted by atomic mass is 10.2. The lowest BCUT2D eigenvalue weighted by molar-refractivity contribution is 0.102. The van der Waals surface area contributed by atoms with Gasteiger partial charge < -0.3 is 10.3 Å². The minimum absolute atomic E-state index is 0.113. The van der Waals surface area contributed by atoms with Crippen molar-refractivity contribution >= 4 is 38.4 Å². The van der Waals surface area contributed by atoms with Crippen molar-refractivity contribution in [1.82, 2.24) is 4.98 Å². The van der Waals surface area contributed by atoms with Crippen LogP contribution in [0, 0.1) is 0 Å². The molecule has 0 fully saturated rings. The molecule has 2 aromatic carbocycles. The molecule has 0 saturated carbocycles. The van der Waals surface area contributed by atoms with Crippen molar-refractivity contribution in [2.45, 2.75) is 0 Å². The quantitative estimate of drug-likeness (QED) is 0.732. The second-order valence-corrected chi connectivity index (χ2v) is 5.16. The summed E-state index contributed by atoms with van der Waals surface area (Å²) >= 11 is 3.35. The Labute approximate surface area is 118 Å². The van der Waals surface area contributed by atoms with E-state index in [0.717, 1.165) is 21.1 Å². The largest absolute Gasteiger partial charge is 0.361 e. The molecule has 3 aromatic rings. The first-order chi connectivity index (χ1) is 9.22. The summed E-state index contributed by atoms with van der Waals surface area (Å²) in [6.45, 7) is 0. The summed E-state index contributed by atoms with van der Waals surface area (Å²) < 4.78 is 0.955. The average Bonchev–Trinajstić information content (AvgIpc) is 2.87. The summed E-state index contributed by atoms with van der Waals surface area (Å²) in [6, 6.07) is 15.1. The van der Waals surface area contributed by atoms with Crippen molar-refractivity contribution < 1.29 is 4.79 Å². The van der Waals surface area contributed by atoms with Gasteiger partial charge in [-0.25, -0.2) is 0 Å². The van der Waals surface area contributed by atoms with Gasteiger partial charge in [-0.1, -0.05) is 22.0 Å². The van der Waals surface area contributed by atoms with Gasteiger partial charge in [0.15, 0.2) is 0 Å². The van der Waals surface area contributed by atoms with Crippen LogP contribution in [0.15, 0.2) is 59.2 Å². The molecular formula is C15H11BrN2O. The number of hydrogen-bond acceptors (Lipinski definition) is 1. The average molecular weight is 315 g/mol. The van der Waals surface area contributed by atoms with Gasteiger partial charge >= 0.3 is 0 Å². The molecule has 0 aliphatic rings. The van der Waals surface area contributed by atoms with Gasteiger partial charge in [0.2, 0.25) is 0 Å². The number of hydrogen-bond donors (Lipinski definition) is 2. The number of aromatic nitrogens is 1. The van der Waals surface area contributed by atoms with Crippen LogP contribution in [0.5, 0.6) is 0 Å². The molecule has 1 aromatic heterocycles. The lowest BCUT2D eigenvalue weighted by Crippen LogP contribution is -2.11. The molecule has 0 saturated heterocycles. The van der Waals surface area contributed by atoms with Crippen molar-refractivity contribution in [3.8, 4) is 0 Å². The molecule has 4 heteroatoms. The van der Waals surface area contributed by atoms with E-state index in [1.165, 1.54) is 0 Å². The van der Waals surface area contributed by atoms with Crippen LogP contribution < -0.4 is 5.32 Å². The second kappa shape index (κ2) is 4.90. The summed E-state index contributed by atoms with van der Waals surface area (Å²) in [6.07, 6.45) is 1.88. The fourth-order valence-corrected chi connectivity index (χ4v) is 2.19. The Morgan fingerprint density at radius 1 is 1.05 bits per heavy atom. The number of amides is 1. The minimum atomic E-state index is -0.113. The Morgan fingerprint density at radius 3 is 2.63 bits per heavy atom. The third-order valence-electron chi connectivity index (χ3n) is 2.92. The third kappa shape index (κ3) is 2.53. The predicted molar refractivity (Wildman–Crippen MR) is 80.4 cm³/mol. The highest BCUT2D eigenvalue weighted by atomic mass is 79.9. The van der Waals surface area contributed by atoms with E-state index in [-0.39, 0.29) is 5.91 Å². The normalized spacial score (nSPS) is 10.6. The van der Waals surface area contributed by atoms with E-state index in [2.05, 4.69) is 26.2 Å². The maximum absolute atomic E-state index is 12.1. The van der Waals surface area contributed by atoms with Crippen LogP contribution in [0.4, 0.5) is 5.69 Å². The van der Waals surface area contributed by atoms with Gasteiger partial charge in [0, 0.05) is 27.4 Å². The van der Waals surface area contributed by atoms with Crippen molar-refractivity contribution in [2.75, 3.05) is 5.32 Å². The highest BCUT2D eigenvalue weighted by Gasteiger charge is 2.06. The maximum Gasteiger partial charge on any atom is 0.255 e. The van der Waals surface area contributed by atoms with Crippen molar-refractivity contribution in [2.24, 2.45) is 0 Å². The molecular weight excluding hydrogens is 304 g/mol. The zero-order valence-electron chi connectivity index (χ0n) is 9.98. The van der Waals surface area contributed by atoms with Gasteiger partial charge in [0.05, 0.1) is 0 Å². The molecule has 0 atom stereocenters. The summed E-state index contributed by atoms with van der Waals surface area (Å²) in [5, 5.41) is 4.01. The topological polar surface area (TPSA) is 44.9 Å². The van der Waals surface area contributed by atoms with Gasteiger partial charge in [-0.2, -0.15) is 0 Å². The number of carbonyl (C=O) groups excluding carboxylic acids is 1. The van der Waals surface area contributed by atoms with Gasteiger partial charge in [-0.15, -0.1) is 0 Å². The fourth-order valence-electron chi connectivity index (χ4n) is 1.93. The molecule has 3 rings (SSSR count). The first-order valence-electron chi connectivity index (χ1n) is 5.86. The van der Waals surface area contributed by atoms with Gasteiger partial charge in [-0.3, -0.25) is 4.79 Å². The van der Waals surface area contributed by atoms with E-state index < -0.39 is 0 Å². The van der Waals surface area contributed by atoms with Gasteiger partial charge in [0.1, 0.15) is 0 Å². The van der Waals surface area contributed by atoms with E-state index in [0.29, 0.717) is 5.56 Å². The maximum atomic E-state index is 12.1. The smallest absolute Gasteiger partial charge is 0.255 e. The predicted octanol–water partition coefficient (Wildman–Crippen LogP) is 4.18. The first-order valence-corrected chi connectivity index (χ1v) is 6.66. The molecule has 3 nitrogen and oxygen atoms in total. The van der Waals surface area contributed by atoms with E-state index in [1.54, 1.807) is 12.1 Å². The van der Waals surface area contributed by atoms with E-state index in [1.807, 2.05) is 42.6 Å². The monoisotopic (exact) mass is 314 g/mol. The standard InChI is InChI=1S/C15H11BrN2O/c16-12-4-1-11(2-5-12)15(19)18-13-6-3-10-7-8-17-14(10)9-13/h1-9,17H,(H,18,19). The van der Waals surface area contributed by atoms with Crippen molar-refractivity contribution in [3.63, 3.8) is 0 Å². The molecule has 0 bridgehead atoms. The highest BCUT2D eigenvalue weighted by molar-refractivity contribution is 9.10. The van der Waals surface area contributed by atoms with E-state index >= 15 is 0 Å². The number of anilines is 1. The Hall–Kier alpha value is -2.07. The zero-order valence-corrected chi connectivity index (χ0v) is 11.6. The van der Waals surface area contributed by atoms with Crippen LogP contribution in [0.1, 0.15) is 10.4 Å². The van der Waals surface area contributed by atoms with Crippen molar-refractivity contribution in [1.29, 1.82) is 0 Å². The molecule has 2 N–H and O–H groups in total. The molecule has 94 valence electrons. The summed E-state index contributed by atoms with van der Waals surface area (Å²) in [5.41, 5.74) is 2.42. The molecule has 1 heterocycles. The third-order valence-corrected chi connectivity index (χ3v) is 3.45. The number of rotatable bonds is 2. The number of aromatic amines is 1. The Kier molecular flexibility index (Phi) is 3.09. The SMILES string of the molecule is O=C(Nc1ccc2cc[nH]c2c1)c1ccc(Br)cc1. The number of halogens is 1. The minimum Gasteiger partial charge on any atom is -0.361 e.